The van der Waals surface area contributed by atoms with Crippen molar-refractivity contribution in [1.82, 2.24) is 24.8 Å². The molecule has 4 atom stereocenters. The Morgan fingerprint density at radius 1 is 1.32 bits per heavy atom. The maximum absolute atomic E-state index is 14.5. The lowest BCUT2D eigenvalue weighted by Gasteiger charge is -2.46. The number of fused-ring (bicyclic) bond motifs is 3. The number of nitrogen functional groups attached to an aromatic ring is 2. The molecule has 3 fully saturated rings. The Kier molecular flexibility index (Phi) is 6.85. The number of carbonyl (C=O) groups is 1. The average Bonchev–Trinajstić information content (AvgIpc) is 3.74. The second-order valence-corrected chi connectivity index (χ2v) is 13.4. The molecule has 12 nitrogen and oxygen atoms in total. The molecule has 4 aliphatic rings. The van der Waals surface area contributed by atoms with Gasteiger partial charge in [0.15, 0.2) is 0 Å². The number of hydrogen-bond donors (Lipinski definition) is 2. The Morgan fingerprint density at radius 2 is 2.16 bits per heavy atom. The normalized spacial score (nSPS) is 26.4. The number of pyridine rings is 1. The van der Waals surface area contributed by atoms with E-state index in [2.05, 4.69) is 20.9 Å². The highest BCUT2D eigenvalue weighted by molar-refractivity contribution is 7.16. The zero-order valence-corrected chi connectivity index (χ0v) is 25.6. The number of nitriles is 1. The van der Waals surface area contributed by atoms with Gasteiger partial charge >= 0.3 is 6.01 Å². The van der Waals surface area contributed by atoms with E-state index in [0.29, 0.717) is 61.2 Å². The first-order valence-corrected chi connectivity index (χ1v) is 15.9. The molecule has 3 aromatic heterocycles. The minimum atomic E-state index is -0.889. The Labute approximate surface area is 258 Å². The number of ether oxygens (including phenoxy) is 1. The molecule has 3 aliphatic heterocycles. The number of nitrogens with two attached hydrogens (primary N) is 2. The molecule has 4 N–H and O–H groups in total. The molecule has 6 heterocycles. The van der Waals surface area contributed by atoms with Gasteiger partial charge in [-0.3, -0.25) is 14.6 Å². The highest BCUT2D eigenvalue weighted by Gasteiger charge is 2.60. The summed E-state index contributed by atoms with van der Waals surface area (Å²) in [7, 11) is 0. The molecular weight excluding hydrogens is 583 g/mol. The molecule has 1 unspecified atom stereocenters. The van der Waals surface area contributed by atoms with E-state index >= 15 is 0 Å². The summed E-state index contributed by atoms with van der Waals surface area (Å²) >= 11 is 1.39. The van der Waals surface area contributed by atoms with Crippen LogP contribution in [0.2, 0.25) is 0 Å². The van der Waals surface area contributed by atoms with E-state index in [1.165, 1.54) is 16.2 Å². The van der Waals surface area contributed by atoms with Crippen molar-refractivity contribution in [1.29, 1.82) is 5.26 Å². The van der Waals surface area contributed by atoms with E-state index < -0.39 is 17.1 Å². The van der Waals surface area contributed by atoms with Crippen LogP contribution in [0.5, 0.6) is 6.01 Å². The van der Waals surface area contributed by atoms with E-state index in [9.17, 15) is 14.4 Å². The zero-order valence-electron chi connectivity index (χ0n) is 24.8. The van der Waals surface area contributed by atoms with Crippen LogP contribution in [0.15, 0.2) is 18.3 Å². The average molecular weight is 619 g/mol. The third-order valence-electron chi connectivity index (χ3n) is 9.91. The number of nitrogens with zero attached hydrogens (tertiary/aromatic N) is 8. The van der Waals surface area contributed by atoms with E-state index in [1.54, 1.807) is 6.20 Å². The predicted octanol–water partition coefficient (Wildman–Crippen LogP) is 3.14. The highest BCUT2D eigenvalue weighted by atomic mass is 32.1. The number of anilines is 4. The van der Waals surface area contributed by atoms with Gasteiger partial charge in [0.25, 0.3) is 0 Å². The van der Waals surface area contributed by atoms with Crippen molar-refractivity contribution in [2.24, 2.45) is 0 Å². The molecule has 14 heteroatoms. The molecular formula is C30H35FN10O2S. The minimum absolute atomic E-state index is 0.0803. The largest absolute Gasteiger partial charge is 0.461 e. The Bertz CT molecular complexity index is 1680. The molecule has 44 heavy (non-hydrogen) atoms. The first-order valence-electron chi connectivity index (χ1n) is 15.1. The number of rotatable bonds is 8. The number of aryl methyl sites for hydroxylation is 1. The standard InChI is InChI=1S/C30H35FN10O2S/c1-3-40(17(2)19-6-4-10-35-23(19)33)26-36-27(38-28(37-26)43-16-29-8-5-11-39(29)14-18(31)12-29)41-15-30(25(41)42)9-7-21-22(30)20(13-32)24(34)44-21/h4,6,10,17-18H,3,5,7-9,11-12,14-16,34H2,1-2H3,(H2,33,35)/t17-,18-,29+,30?/m1/s1. The quantitative estimate of drug-likeness (QED) is 0.357. The van der Waals surface area contributed by atoms with Crippen LogP contribution in [0.3, 0.4) is 0 Å². The second-order valence-electron chi connectivity index (χ2n) is 12.2. The lowest BCUT2D eigenvalue weighted by atomic mass is 9.73. The zero-order chi connectivity index (χ0) is 30.8. The molecule has 3 saturated heterocycles. The van der Waals surface area contributed by atoms with Crippen LogP contribution in [0, 0.1) is 11.3 Å². The monoisotopic (exact) mass is 618 g/mol. The van der Waals surface area contributed by atoms with Crippen LogP contribution in [-0.4, -0.2) is 75.2 Å². The minimum Gasteiger partial charge on any atom is -0.461 e. The summed E-state index contributed by atoms with van der Waals surface area (Å²) in [6.07, 6.45) is 4.31. The third-order valence-corrected chi connectivity index (χ3v) is 11.0. The number of carbonyl (C=O) groups excluding carboxylic acids is 1. The van der Waals surface area contributed by atoms with Crippen molar-refractivity contribution < 1.29 is 13.9 Å². The molecule has 1 spiro atoms. The smallest absolute Gasteiger partial charge is 0.323 e. The van der Waals surface area contributed by atoms with Gasteiger partial charge in [-0.2, -0.15) is 20.2 Å². The number of β-lactam (4-membered cyclic amide) rings is 1. The summed E-state index contributed by atoms with van der Waals surface area (Å²) in [5, 5.41) is 10.3. The summed E-state index contributed by atoms with van der Waals surface area (Å²) in [4.78, 5) is 39.0. The van der Waals surface area contributed by atoms with Gasteiger partial charge in [0.2, 0.25) is 17.8 Å². The molecule has 0 aromatic carbocycles. The SMILES string of the molecule is CCN(c1nc(OC[C@@]23CCCN2C[C@H](F)C3)nc(N2CC3(CCc4sc(N)c(C#N)c43)C2=O)n1)[C@H](C)c1cccnc1N. The maximum atomic E-state index is 14.5. The molecule has 0 saturated carbocycles. The number of amides is 1. The van der Waals surface area contributed by atoms with E-state index in [1.807, 2.05) is 30.9 Å². The first-order chi connectivity index (χ1) is 21.2. The summed E-state index contributed by atoms with van der Waals surface area (Å²) in [6, 6.07) is 5.79. The summed E-state index contributed by atoms with van der Waals surface area (Å²) in [6.45, 7) is 6.32. The van der Waals surface area contributed by atoms with Crippen LogP contribution in [0.4, 0.5) is 27.1 Å². The Hall–Kier alpha value is -4.09. The van der Waals surface area contributed by atoms with Gasteiger partial charge in [-0.1, -0.05) is 6.07 Å². The van der Waals surface area contributed by atoms with Crippen LogP contribution >= 0.6 is 11.3 Å². The molecule has 3 aromatic rings. The van der Waals surface area contributed by atoms with Crippen molar-refractivity contribution >= 4 is 40.0 Å². The van der Waals surface area contributed by atoms with Gasteiger partial charge in [-0.05, 0) is 52.1 Å². The second kappa shape index (κ2) is 10.5. The lowest BCUT2D eigenvalue weighted by molar-refractivity contribution is -0.129. The fraction of sp³-hybridized carbons (Fsp3) is 0.533. The van der Waals surface area contributed by atoms with Crippen molar-refractivity contribution in [3.8, 4) is 12.1 Å². The topological polar surface area (TPSA) is 163 Å². The number of aromatic nitrogens is 4. The van der Waals surface area contributed by atoms with Crippen molar-refractivity contribution in [2.75, 3.05) is 54.1 Å². The molecule has 0 bridgehead atoms. The first kappa shape index (κ1) is 28.7. The van der Waals surface area contributed by atoms with Crippen molar-refractivity contribution in [3.05, 3.63) is 39.9 Å². The number of hydrogen-bond acceptors (Lipinski definition) is 12. The Balaban J connectivity index is 1.23. The molecule has 230 valence electrons. The van der Waals surface area contributed by atoms with Crippen LogP contribution < -0.4 is 26.0 Å². The van der Waals surface area contributed by atoms with Crippen LogP contribution in [0.25, 0.3) is 0 Å². The predicted molar refractivity (Wildman–Crippen MR) is 164 cm³/mol. The van der Waals surface area contributed by atoms with Gasteiger partial charge in [0.05, 0.1) is 22.6 Å². The van der Waals surface area contributed by atoms with E-state index in [0.717, 1.165) is 35.4 Å². The summed E-state index contributed by atoms with van der Waals surface area (Å²) < 4.78 is 20.7. The van der Waals surface area contributed by atoms with Gasteiger partial charge in [0, 0.05) is 48.3 Å². The van der Waals surface area contributed by atoms with E-state index in [-0.39, 0.29) is 30.5 Å². The summed E-state index contributed by atoms with van der Waals surface area (Å²) in [5.41, 5.74) is 13.1. The molecule has 1 aliphatic carbocycles. The fourth-order valence-electron chi connectivity index (χ4n) is 7.69. The number of halogens is 1. The third kappa shape index (κ3) is 4.28. The summed E-state index contributed by atoms with van der Waals surface area (Å²) in [5.74, 6) is 0.748. The van der Waals surface area contributed by atoms with Crippen LogP contribution in [0.1, 0.15) is 67.1 Å². The maximum Gasteiger partial charge on any atom is 0.323 e. The van der Waals surface area contributed by atoms with Crippen molar-refractivity contribution in [3.63, 3.8) is 0 Å². The van der Waals surface area contributed by atoms with E-state index in [4.69, 9.17) is 26.2 Å². The highest BCUT2D eigenvalue weighted by Crippen LogP contribution is 2.53. The van der Waals surface area contributed by atoms with Gasteiger partial charge in [-0.25, -0.2) is 9.37 Å². The lowest BCUT2D eigenvalue weighted by Crippen LogP contribution is -2.64. The van der Waals surface area contributed by atoms with Gasteiger partial charge < -0.3 is 21.1 Å². The Morgan fingerprint density at radius 3 is 2.91 bits per heavy atom. The molecule has 0 radical (unpaired) electrons. The van der Waals surface area contributed by atoms with Gasteiger partial charge in [-0.15, -0.1) is 11.3 Å². The van der Waals surface area contributed by atoms with Crippen LogP contribution in [-0.2, 0) is 16.6 Å². The number of thiophene rings is 1. The van der Waals surface area contributed by atoms with Gasteiger partial charge in [0.1, 0.15) is 29.7 Å². The molecule has 7 rings (SSSR count). The number of alkyl halides is 1. The molecule has 1 amide bonds. The fourth-order valence-corrected chi connectivity index (χ4v) is 8.81. The van der Waals surface area contributed by atoms with Crippen molar-refractivity contribution in [2.45, 2.75) is 69.1 Å².